The van der Waals surface area contributed by atoms with E-state index in [1.807, 2.05) is 18.2 Å². The number of ether oxygens (including phenoxy) is 2. The van der Waals surface area contributed by atoms with Crippen LogP contribution in [0.25, 0.3) is 0 Å². The third kappa shape index (κ3) is 13.1. The lowest BCUT2D eigenvalue weighted by Gasteiger charge is -2.26. The van der Waals surface area contributed by atoms with E-state index in [0.29, 0.717) is 0 Å². The highest BCUT2D eigenvalue weighted by molar-refractivity contribution is 7.57. The summed E-state index contributed by atoms with van der Waals surface area (Å²) in [6.07, 6.45) is -1.26. The molecule has 0 aliphatic rings. The van der Waals surface area contributed by atoms with Gasteiger partial charge >= 0.3 is 12.1 Å². The third-order valence-electron chi connectivity index (χ3n) is 4.45. The van der Waals surface area contributed by atoms with Gasteiger partial charge in [-0.2, -0.15) is 0 Å². The van der Waals surface area contributed by atoms with Crippen molar-refractivity contribution in [3.8, 4) is 0 Å². The SMILES string of the molecule is CC(C)[C@H](NC(=O)OCc1ccccc1)C(=O)N[C@@H](CC(=O)OC(C)(C)C)C(=O)COP(C)(C)=O. The number of alkyl carbamates (subject to hydrolysis) is 1. The van der Waals surface area contributed by atoms with E-state index in [-0.39, 0.29) is 12.5 Å². The molecule has 1 aromatic rings. The molecule has 0 aliphatic carbocycles. The van der Waals surface area contributed by atoms with Crippen molar-refractivity contribution in [3.63, 3.8) is 0 Å². The van der Waals surface area contributed by atoms with E-state index in [4.69, 9.17) is 14.0 Å². The van der Waals surface area contributed by atoms with E-state index in [1.54, 1.807) is 46.8 Å². The van der Waals surface area contributed by atoms with Crippen LogP contribution in [0.3, 0.4) is 0 Å². The number of esters is 1. The molecule has 0 aliphatic heterocycles. The molecular formula is C24H37N2O8P. The van der Waals surface area contributed by atoms with Gasteiger partial charge in [-0.3, -0.25) is 18.9 Å². The van der Waals surface area contributed by atoms with Crippen molar-refractivity contribution < 1.29 is 37.7 Å². The van der Waals surface area contributed by atoms with Crippen LogP contribution in [0.4, 0.5) is 4.79 Å². The Morgan fingerprint density at radius 3 is 2.11 bits per heavy atom. The summed E-state index contributed by atoms with van der Waals surface area (Å²) in [4.78, 5) is 50.4. The maximum absolute atomic E-state index is 13.0. The number of hydrogen-bond acceptors (Lipinski definition) is 8. The topological polar surface area (TPSA) is 137 Å². The summed E-state index contributed by atoms with van der Waals surface area (Å²) in [5, 5.41) is 5.00. The fourth-order valence-electron chi connectivity index (χ4n) is 2.80. The van der Waals surface area contributed by atoms with Gasteiger partial charge in [0.1, 0.15) is 30.9 Å². The van der Waals surface area contributed by atoms with Crippen LogP contribution < -0.4 is 10.6 Å². The second kappa shape index (κ2) is 13.4. The molecule has 1 aromatic carbocycles. The normalized spacial score (nSPS) is 13.5. The first-order valence-electron chi connectivity index (χ1n) is 11.3. The van der Waals surface area contributed by atoms with Crippen molar-refractivity contribution in [3.05, 3.63) is 35.9 Å². The molecule has 0 heterocycles. The summed E-state index contributed by atoms with van der Waals surface area (Å²) in [5.74, 6) is -2.40. The third-order valence-corrected chi connectivity index (χ3v) is 5.20. The van der Waals surface area contributed by atoms with Crippen molar-refractivity contribution in [2.45, 2.75) is 65.3 Å². The molecule has 0 aromatic heterocycles. The number of Topliss-reactive ketones (excluding diaryl/α,β-unsaturated/α-hetero) is 1. The van der Waals surface area contributed by atoms with E-state index in [0.717, 1.165) is 5.56 Å². The van der Waals surface area contributed by atoms with Gasteiger partial charge in [0.05, 0.1) is 6.42 Å². The van der Waals surface area contributed by atoms with Crippen molar-refractivity contribution in [1.82, 2.24) is 10.6 Å². The molecule has 2 amide bonds. The summed E-state index contributed by atoms with van der Waals surface area (Å²) >= 11 is 0. The molecule has 2 N–H and O–H groups in total. The highest BCUT2D eigenvalue weighted by Gasteiger charge is 2.32. The van der Waals surface area contributed by atoms with Crippen LogP contribution in [0.2, 0.25) is 0 Å². The minimum atomic E-state index is -2.97. The molecule has 0 bridgehead atoms. The van der Waals surface area contributed by atoms with Crippen molar-refractivity contribution >= 4 is 31.1 Å². The summed E-state index contributed by atoms with van der Waals surface area (Å²) < 4.78 is 27.4. The largest absolute Gasteiger partial charge is 0.460 e. The van der Waals surface area contributed by atoms with Crippen LogP contribution in [-0.2, 0) is 39.6 Å². The zero-order valence-corrected chi connectivity index (χ0v) is 22.3. The Morgan fingerprint density at radius 2 is 1.60 bits per heavy atom. The first-order chi connectivity index (χ1) is 16.1. The molecule has 0 saturated heterocycles. The van der Waals surface area contributed by atoms with Crippen LogP contribution in [-0.4, -0.2) is 61.4 Å². The molecule has 10 nitrogen and oxygen atoms in total. The molecule has 196 valence electrons. The molecule has 11 heteroatoms. The number of carbonyl (C=O) groups excluding carboxylic acids is 4. The second-order valence-electron chi connectivity index (χ2n) is 9.77. The van der Waals surface area contributed by atoms with Gasteiger partial charge in [0.15, 0.2) is 13.2 Å². The fourth-order valence-corrected chi connectivity index (χ4v) is 3.24. The Morgan fingerprint density at radius 1 is 1.00 bits per heavy atom. The Balaban J connectivity index is 2.89. The van der Waals surface area contributed by atoms with E-state index >= 15 is 0 Å². The van der Waals surface area contributed by atoms with E-state index in [2.05, 4.69) is 10.6 Å². The van der Waals surface area contributed by atoms with E-state index < -0.39 is 61.8 Å². The summed E-state index contributed by atoms with van der Waals surface area (Å²) in [5.41, 5.74) is -0.0153. The minimum Gasteiger partial charge on any atom is -0.460 e. The van der Waals surface area contributed by atoms with Crippen LogP contribution >= 0.6 is 7.37 Å². The number of amides is 2. The zero-order valence-electron chi connectivity index (χ0n) is 21.5. The maximum Gasteiger partial charge on any atom is 0.408 e. The van der Waals surface area contributed by atoms with E-state index in [1.165, 1.54) is 13.3 Å². The average Bonchev–Trinajstić information content (AvgIpc) is 2.72. The predicted molar refractivity (Wildman–Crippen MR) is 131 cm³/mol. The Bertz CT molecular complexity index is 921. The van der Waals surface area contributed by atoms with Crippen LogP contribution in [0.1, 0.15) is 46.6 Å². The number of rotatable bonds is 12. The average molecular weight is 513 g/mol. The van der Waals surface area contributed by atoms with Gasteiger partial charge in [-0.05, 0) is 32.3 Å². The Hall–Kier alpha value is -2.71. The van der Waals surface area contributed by atoms with Crippen molar-refractivity contribution in [2.75, 3.05) is 19.9 Å². The van der Waals surface area contributed by atoms with E-state index in [9.17, 15) is 23.7 Å². The molecule has 35 heavy (non-hydrogen) atoms. The monoisotopic (exact) mass is 512 g/mol. The van der Waals surface area contributed by atoms with Crippen LogP contribution in [0.5, 0.6) is 0 Å². The fraction of sp³-hybridized carbons (Fsp3) is 0.583. The Labute approximate surface area is 206 Å². The highest BCUT2D eigenvalue weighted by Crippen LogP contribution is 2.36. The molecule has 1 rings (SSSR count). The van der Waals surface area contributed by atoms with Gasteiger partial charge in [-0.15, -0.1) is 0 Å². The number of benzene rings is 1. The van der Waals surface area contributed by atoms with Gasteiger partial charge < -0.3 is 24.6 Å². The molecular weight excluding hydrogens is 475 g/mol. The second-order valence-corrected chi connectivity index (χ2v) is 12.5. The molecule has 0 spiro atoms. The van der Waals surface area contributed by atoms with Crippen LogP contribution in [0, 0.1) is 5.92 Å². The number of ketones is 1. The van der Waals surface area contributed by atoms with Crippen molar-refractivity contribution in [1.29, 1.82) is 0 Å². The molecule has 2 atom stereocenters. The first-order valence-corrected chi connectivity index (χ1v) is 13.8. The maximum atomic E-state index is 13.0. The van der Waals surface area contributed by atoms with Gasteiger partial charge in [-0.25, -0.2) is 4.79 Å². The number of carbonyl (C=O) groups is 4. The van der Waals surface area contributed by atoms with Crippen LogP contribution in [0.15, 0.2) is 30.3 Å². The predicted octanol–water partition coefficient (Wildman–Crippen LogP) is 3.28. The lowest BCUT2D eigenvalue weighted by atomic mass is 10.0. The molecule has 0 unspecified atom stereocenters. The Kier molecular flexibility index (Phi) is 11.6. The lowest BCUT2D eigenvalue weighted by molar-refractivity contribution is -0.156. The minimum absolute atomic E-state index is 0.0181. The smallest absolute Gasteiger partial charge is 0.408 e. The molecule has 0 radical (unpaired) electrons. The first kappa shape index (κ1) is 30.3. The van der Waals surface area contributed by atoms with Gasteiger partial charge in [0.2, 0.25) is 5.91 Å². The quantitative estimate of drug-likeness (QED) is 0.322. The molecule has 0 saturated carbocycles. The summed E-state index contributed by atoms with van der Waals surface area (Å²) in [6, 6.07) is 6.69. The van der Waals surface area contributed by atoms with Crippen molar-refractivity contribution in [2.24, 2.45) is 5.92 Å². The summed E-state index contributed by atoms with van der Waals surface area (Å²) in [6.45, 7) is 10.6. The lowest BCUT2D eigenvalue weighted by Crippen LogP contribution is -2.54. The number of nitrogens with one attached hydrogen (secondary N) is 2. The highest BCUT2D eigenvalue weighted by atomic mass is 31.2. The zero-order chi connectivity index (χ0) is 26.8. The van der Waals surface area contributed by atoms with Gasteiger partial charge in [0.25, 0.3) is 0 Å². The number of hydrogen-bond donors (Lipinski definition) is 2. The van der Waals surface area contributed by atoms with Gasteiger partial charge in [-0.1, -0.05) is 44.2 Å². The standard InChI is InChI=1S/C24H37N2O8P/c1-16(2)21(26-23(30)32-14-17-11-9-8-10-12-17)22(29)25-18(13-20(28)34-24(3,4)5)19(27)15-33-35(6,7)31/h8-12,16,18,21H,13-15H2,1-7H3,(H,25,29)(H,26,30)/t18-,21-/m0/s1. The summed E-state index contributed by atoms with van der Waals surface area (Å²) in [7, 11) is -2.97. The molecule has 0 fully saturated rings. The van der Waals surface area contributed by atoms with Gasteiger partial charge in [0, 0.05) is 13.3 Å².